The van der Waals surface area contributed by atoms with E-state index in [1.54, 1.807) is 0 Å². The first kappa shape index (κ1) is 24.4. The number of rotatable bonds is 6. The topological polar surface area (TPSA) is 139 Å². The Balaban J connectivity index is 1.49. The van der Waals surface area contributed by atoms with Crippen LogP contribution in [0.4, 0.5) is 17.2 Å². The summed E-state index contributed by atoms with van der Waals surface area (Å²) in [6.45, 7) is 4.53. The van der Waals surface area contributed by atoms with Crippen LogP contribution >= 0.6 is 0 Å². The van der Waals surface area contributed by atoms with Gasteiger partial charge in [-0.2, -0.15) is 5.10 Å². The van der Waals surface area contributed by atoms with Crippen molar-refractivity contribution in [1.29, 1.82) is 0 Å². The zero-order valence-electron chi connectivity index (χ0n) is 19.6. The van der Waals surface area contributed by atoms with E-state index in [4.69, 9.17) is 5.14 Å². The van der Waals surface area contributed by atoms with Crippen molar-refractivity contribution in [2.75, 3.05) is 28.6 Å². The number of carbonyl (C=O) groups excluding carboxylic acids is 2. The Morgan fingerprint density at radius 1 is 1.00 bits per heavy atom. The molecule has 1 aliphatic heterocycles. The van der Waals surface area contributed by atoms with Gasteiger partial charge < -0.3 is 15.5 Å². The molecule has 0 unspecified atom stereocenters. The summed E-state index contributed by atoms with van der Waals surface area (Å²) in [4.78, 5) is 26.9. The minimum absolute atomic E-state index is 0.0101. The molecule has 0 aliphatic carbocycles. The van der Waals surface area contributed by atoms with Crippen LogP contribution in [0.15, 0.2) is 59.5 Å². The Kier molecular flexibility index (Phi) is 6.90. The number of carbonyl (C=O) groups is 2. The predicted molar refractivity (Wildman–Crippen MR) is 134 cm³/mol. The second-order valence-electron chi connectivity index (χ2n) is 8.53. The molecule has 0 bridgehead atoms. The van der Waals surface area contributed by atoms with Crippen LogP contribution in [-0.4, -0.2) is 43.1 Å². The molecule has 35 heavy (non-hydrogen) atoms. The second-order valence-corrected chi connectivity index (χ2v) is 10.1. The van der Waals surface area contributed by atoms with Crippen LogP contribution in [0.3, 0.4) is 0 Å². The van der Waals surface area contributed by atoms with Gasteiger partial charge in [0, 0.05) is 31.6 Å². The van der Waals surface area contributed by atoms with E-state index in [-0.39, 0.29) is 22.6 Å². The van der Waals surface area contributed by atoms with Gasteiger partial charge in [0.1, 0.15) is 5.69 Å². The molecule has 2 aromatic carbocycles. The molecule has 2 heterocycles. The minimum atomic E-state index is -3.79. The molecule has 10 nitrogen and oxygen atoms in total. The molecule has 2 amide bonds. The van der Waals surface area contributed by atoms with Gasteiger partial charge in [-0.3, -0.25) is 9.59 Å². The predicted octanol–water partition coefficient (Wildman–Crippen LogP) is 2.64. The van der Waals surface area contributed by atoms with Crippen molar-refractivity contribution in [1.82, 2.24) is 9.78 Å². The zero-order chi connectivity index (χ0) is 25.2. The number of nitrogens with two attached hydrogens (primary N) is 1. The molecule has 4 N–H and O–H groups in total. The fraction of sp³-hybridized carbons (Fsp3) is 0.292. The second kappa shape index (κ2) is 9.88. The summed E-state index contributed by atoms with van der Waals surface area (Å²) in [7, 11) is -3.79. The maximum atomic E-state index is 12.9. The Morgan fingerprint density at radius 2 is 1.63 bits per heavy atom. The highest BCUT2D eigenvalue weighted by Crippen LogP contribution is 2.35. The number of hydrogen-bond acceptors (Lipinski definition) is 6. The van der Waals surface area contributed by atoms with Gasteiger partial charge in [-0.25, -0.2) is 18.2 Å². The van der Waals surface area contributed by atoms with E-state index in [0.29, 0.717) is 43.0 Å². The van der Waals surface area contributed by atoms with Gasteiger partial charge in [-0.15, -0.1) is 0 Å². The smallest absolute Gasteiger partial charge is 0.238 e. The highest BCUT2D eigenvalue weighted by Gasteiger charge is 2.30. The van der Waals surface area contributed by atoms with E-state index in [9.17, 15) is 18.0 Å². The molecule has 1 fully saturated rings. The third kappa shape index (κ3) is 5.52. The Bertz CT molecular complexity index is 1330. The molecule has 0 atom stereocenters. The number of primary sulfonamides is 1. The molecule has 1 saturated heterocycles. The van der Waals surface area contributed by atoms with Crippen molar-refractivity contribution in [3.63, 3.8) is 0 Å². The van der Waals surface area contributed by atoms with Crippen molar-refractivity contribution >= 4 is 39.0 Å². The lowest BCUT2D eigenvalue weighted by Gasteiger charge is -2.33. The molecule has 3 aromatic rings. The van der Waals surface area contributed by atoms with Crippen molar-refractivity contribution in [3.8, 4) is 5.69 Å². The molecular weight excluding hydrogens is 468 g/mol. The first-order valence-electron chi connectivity index (χ1n) is 11.2. The van der Waals surface area contributed by atoms with Gasteiger partial charge in [-0.05, 0) is 56.2 Å². The number of piperidine rings is 1. The lowest BCUT2D eigenvalue weighted by Crippen LogP contribution is -2.39. The van der Waals surface area contributed by atoms with Crippen molar-refractivity contribution in [2.45, 2.75) is 31.6 Å². The maximum absolute atomic E-state index is 12.9. The number of amides is 2. The summed E-state index contributed by atoms with van der Waals surface area (Å²) in [5.74, 6) is 0.288. The van der Waals surface area contributed by atoms with Crippen LogP contribution in [0.1, 0.15) is 25.5 Å². The number of anilines is 3. The maximum Gasteiger partial charge on any atom is 0.238 e. The third-order valence-electron chi connectivity index (χ3n) is 5.95. The van der Waals surface area contributed by atoms with Crippen molar-refractivity contribution < 1.29 is 18.0 Å². The average Bonchev–Trinajstić information content (AvgIpc) is 3.15. The number of aromatic nitrogens is 2. The van der Waals surface area contributed by atoms with Gasteiger partial charge in [0.25, 0.3) is 0 Å². The van der Waals surface area contributed by atoms with Gasteiger partial charge in [0.2, 0.25) is 21.8 Å². The Labute approximate surface area is 204 Å². The number of nitrogens with one attached hydrogen (secondary N) is 2. The number of aryl methyl sites for hydroxylation is 1. The Morgan fingerprint density at radius 3 is 2.20 bits per heavy atom. The lowest BCUT2D eigenvalue weighted by molar-refractivity contribution is -0.120. The van der Waals surface area contributed by atoms with Crippen LogP contribution in [0.25, 0.3) is 5.69 Å². The molecule has 1 aliphatic rings. The SMILES string of the molecule is CC(=O)Nc1c(C)nn(-c2ccccc2)c1N1CCC(C(=O)Nc2ccc(S(N)(=O)=O)cc2)CC1. The van der Waals surface area contributed by atoms with Crippen LogP contribution in [-0.2, 0) is 19.6 Å². The molecule has 0 saturated carbocycles. The normalized spacial score (nSPS) is 14.5. The van der Waals surface area contributed by atoms with Gasteiger partial charge in [-0.1, -0.05) is 18.2 Å². The fourth-order valence-corrected chi connectivity index (χ4v) is 4.72. The van der Waals surface area contributed by atoms with Crippen molar-refractivity contribution in [3.05, 3.63) is 60.3 Å². The summed E-state index contributed by atoms with van der Waals surface area (Å²) >= 11 is 0. The number of para-hydroxylation sites is 1. The lowest BCUT2D eigenvalue weighted by atomic mass is 9.95. The highest BCUT2D eigenvalue weighted by atomic mass is 32.2. The number of hydrogen-bond donors (Lipinski definition) is 3. The molecule has 11 heteroatoms. The van der Waals surface area contributed by atoms with Gasteiger partial charge in [0.05, 0.1) is 16.3 Å². The molecule has 4 rings (SSSR count). The van der Waals surface area contributed by atoms with Gasteiger partial charge >= 0.3 is 0 Å². The first-order chi connectivity index (χ1) is 16.6. The molecular formula is C24H28N6O4S. The molecule has 0 spiro atoms. The summed E-state index contributed by atoms with van der Waals surface area (Å²) in [5.41, 5.74) is 2.77. The highest BCUT2D eigenvalue weighted by molar-refractivity contribution is 7.89. The standard InChI is InChI=1S/C24H28N6O4S/c1-16-22(26-17(2)31)24(30(28-16)20-6-4-3-5-7-20)29-14-12-18(13-15-29)23(32)27-19-8-10-21(11-9-19)35(25,33)34/h3-11,18H,12-15H2,1-2H3,(H,26,31)(H,27,32)(H2,25,33,34). The zero-order valence-corrected chi connectivity index (χ0v) is 20.4. The van der Waals surface area contributed by atoms with E-state index in [0.717, 1.165) is 11.5 Å². The summed E-state index contributed by atoms with van der Waals surface area (Å²) in [5, 5.41) is 15.6. The average molecular weight is 497 g/mol. The Hall–Kier alpha value is -3.70. The van der Waals surface area contributed by atoms with E-state index in [1.807, 2.05) is 41.9 Å². The monoisotopic (exact) mass is 496 g/mol. The first-order valence-corrected chi connectivity index (χ1v) is 12.8. The summed E-state index contributed by atoms with van der Waals surface area (Å²) in [6.07, 6.45) is 1.22. The number of nitrogens with zero attached hydrogens (tertiary/aromatic N) is 3. The van der Waals surface area contributed by atoms with E-state index in [2.05, 4.69) is 20.6 Å². The largest absolute Gasteiger partial charge is 0.355 e. The van der Waals surface area contributed by atoms with Crippen LogP contribution in [0.5, 0.6) is 0 Å². The molecule has 1 aromatic heterocycles. The van der Waals surface area contributed by atoms with Crippen molar-refractivity contribution in [2.24, 2.45) is 11.1 Å². The quantitative estimate of drug-likeness (QED) is 0.479. The van der Waals surface area contributed by atoms with E-state index < -0.39 is 10.0 Å². The summed E-state index contributed by atoms with van der Waals surface area (Å²) < 4.78 is 24.7. The minimum Gasteiger partial charge on any atom is -0.355 e. The number of sulfonamides is 1. The third-order valence-corrected chi connectivity index (χ3v) is 6.88. The van der Waals surface area contributed by atoms with Crippen LogP contribution in [0.2, 0.25) is 0 Å². The van der Waals surface area contributed by atoms with E-state index >= 15 is 0 Å². The van der Waals surface area contributed by atoms with Crippen LogP contribution < -0.4 is 20.7 Å². The molecule has 0 radical (unpaired) electrons. The van der Waals surface area contributed by atoms with Crippen LogP contribution in [0, 0.1) is 12.8 Å². The number of benzene rings is 2. The molecule has 184 valence electrons. The van der Waals surface area contributed by atoms with Gasteiger partial charge in [0.15, 0.2) is 5.82 Å². The van der Waals surface area contributed by atoms with E-state index in [1.165, 1.54) is 31.2 Å². The fourth-order valence-electron chi connectivity index (χ4n) is 4.20. The summed E-state index contributed by atoms with van der Waals surface area (Å²) in [6, 6.07) is 15.5.